The van der Waals surface area contributed by atoms with Crippen LogP contribution in [0, 0.1) is 0 Å². The van der Waals surface area contributed by atoms with Gasteiger partial charge in [-0.2, -0.15) is 0 Å². The van der Waals surface area contributed by atoms with Gasteiger partial charge in [0, 0.05) is 12.0 Å². The fourth-order valence-corrected chi connectivity index (χ4v) is 1.76. The fourth-order valence-electron chi connectivity index (χ4n) is 1.76. The molecule has 1 fully saturated rings. The van der Waals surface area contributed by atoms with Gasteiger partial charge in [-0.25, -0.2) is 5.48 Å². The Morgan fingerprint density at radius 1 is 1.21 bits per heavy atom. The second kappa shape index (κ2) is 3.69. The lowest BCUT2D eigenvalue weighted by Gasteiger charge is -2.12. The van der Waals surface area contributed by atoms with Crippen molar-refractivity contribution < 1.29 is 10.3 Å². The van der Waals surface area contributed by atoms with Gasteiger partial charge < -0.3 is 10.3 Å². The smallest absolute Gasteiger partial charge is 0.0527 e. The molecule has 0 radical (unpaired) electrons. The molecule has 3 nitrogen and oxygen atoms in total. The molecule has 0 bridgehead atoms. The van der Waals surface area contributed by atoms with Crippen LogP contribution >= 0.6 is 0 Å². The molecule has 0 aliphatic heterocycles. The molecule has 3 N–H and O–H groups in total. The lowest BCUT2D eigenvalue weighted by molar-refractivity contribution is 0.161. The molecule has 0 spiro atoms. The average molecular weight is 193 g/mol. The summed E-state index contributed by atoms with van der Waals surface area (Å²) >= 11 is 0. The Bertz CT molecular complexity index is 304. The minimum atomic E-state index is 0.0468. The summed E-state index contributed by atoms with van der Waals surface area (Å²) in [7, 11) is 0. The first kappa shape index (κ1) is 9.65. The SMILES string of the molecule is OCC1(c2ccc(CNO)cc2)CC1. The molecule has 1 aromatic carbocycles. The van der Waals surface area contributed by atoms with Gasteiger partial charge in [-0.3, -0.25) is 0 Å². The van der Waals surface area contributed by atoms with Gasteiger partial charge in [0.1, 0.15) is 0 Å². The van der Waals surface area contributed by atoms with Crippen LogP contribution in [0.4, 0.5) is 0 Å². The van der Waals surface area contributed by atoms with Crippen molar-refractivity contribution in [2.24, 2.45) is 0 Å². The third-order valence-corrected chi connectivity index (χ3v) is 3.01. The molecule has 0 atom stereocenters. The summed E-state index contributed by atoms with van der Waals surface area (Å²) in [6.45, 7) is 0.705. The van der Waals surface area contributed by atoms with Crippen LogP contribution < -0.4 is 5.48 Å². The van der Waals surface area contributed by atoms with Gasteiger partial charge in [-0.15, -0.1) is 0 Å². The fraction of sp³-hybridized carbons (Fsp3) is 0.455. The van der Waals surface area contributed by atoms with Crippen molar-refractivity contribution in [1.29, 1.82) is 0 Å². The molecule has 0 saturated heterocycles. The maximum Gasteiger partial charge on any atom is 0.0527 e. The van der Waals surface area contributed by atoms with E-state index in [1.165, 1.54) is 5.56 Å². The van der Waals surface area contributed by atoms with Crippen molar-refractivity contribution in [2.45, 2.75) is 24.8 Å². The zero-order chi connectivity index (χ0) is 10.0. The Hall–Kier alpha value is -0.900. The van der Waals surface area contributed by atoms with Crippen LogP contribution in [0.25, 0.3) is 0 Å². The largest absolute Gasteiger partial charge is 0.395 e. The van der Waals surface area contributed by atoms with E-state index < -0.39 is 0 Å². The lowest BCUT2D eigenvalue weighted by Crippen LogP contribution is -2.12. The van der Waals surface area contributed by atoms with E-state index in [1.807, 2.05) is 24.3 Å². The van der Waals surface area contributed by atoms with Gasteiger partial charge >= 0.3 is 0 Å². The molecular formula is C11H15NO2. The predicted octanol–water partition coefficient (Wildman–Crippen LogP) is 1.19. The molecule has 0 aromatic heterocycles. The summed E-state index contributed by atoms with van der Waals surface area (Å²) in [6, 6.07) is 8.04. The van der Waals surface area contributed by atoms with E-state index >= 15 is 0 Å². The molecule has 2 rings (SSSR count). The van der Waals surface area contributed by atoms with Crippen molar-refractivity contribution in [2.75, 3.05) is 6.61 Å². The summed E-state index contributed by atoms with van der Waals surface area (Å²) in [5.74, 6) is 0. The Labute approximate surface area is 83.3 Å². The van der Waals surface area contributed by atoms with Crippen LogP contribution in [-0.2, 0) is 12.0 Å². The summed E-state index contributed by atoms with van der Waals surface area (Å²) < 4.78 is 0. The first-order chi connectivity index (χ1) is 6.80. The average Bonchev–Trinajstić information content (AvgIpc) is 3.00. The number of hydroxylamine groups is 1. The highest BCUT2D eigenvalue weighted by atomic mass is 16.5. The van der Waals surface area contributed by atoms with Crippen LogP contribution in [0.1, 0.15) is 24.0 Å². The van der Waals surface area contributed by atoms with E-state index in [-0.39, 0.29) is 12.0 Å². The van der Waals surface area contributed by atoms with E-state index in [4.69, 9.17) is 5.21 Å². The summed E-state index contributed by atoms with van der Waals surface area (Å²) in [4.78, 5) is 0. The molecule has 1 aromatic rings. The molecule has 0 unspecified atom stereocenters. The minimum Gasteiger partial charge on any atom is -0.395 e. The van der Waals surface area contributed by atoms with E-state index in [0.29, 0.717) is 6.54 Å². The second-order valence-electron chi connectivity index (χ2n) is 3.97. The van der Waals surface area contributed by atoms with Crippen LogP contribution in [0.15, 0.2) is 24.3 Å². The van der Waals surface area contributed by atoms with Crippen molar-refractivity contribution in [3.8, 4) is 0 Å². The molecule has 1 saturated carbocycles. The normalized spacial score (nSPS) is 18.1. The monoisotopic (exact) mass is 193 g/mol. The molecular weight excluding hydrogens is 178 g/mol. The maximum absolute atomic E-state index is 9.23. The van der Waals surface area contributed by atoms with Crippen molar-refractivity contribution >= 4 is 0 Å². The summed E-state index contributed by atoms with van der Waals surface area (Å²) in [6.07, 6.45) is 2.17. The standard InChI is InChI=1S/C11H15NO2/c13-8-11(5-6-11)10-3-1-9(2-4-10)7-12-14/h1-4,12-14H,5-8H2. The van der Waals surface area contributed by atoms with E-state index in [1.54, 1.807) is 0 Å². The first-order valence-corrected chi connectivity index (χ1v) is 4.88. The minimum absolute atomic E-state index is 0.0468. The highest BCUT2D eigenvalue weighted by Crippen LogP contribution is 2.47. The number of rotatable bonds is 4. The van der Waals surface area contributed by atoms with Crippen LogP contribution in [0.5, 0.6) is 0 Å². The number of hydrogen-bond acceptors (Lipinski definition) is 3. The molecule has 0 heterocycles. The lowest BCUT2D eigenvalue weighted by atomic mass is 9.96. The zero-order valence-corrected chi connectivity index (χ0v) is 8.03. The highest BCUT2D eigenvalue weighted by molar-refractivity contribution is 5.33. The zero-order valence-electron chi connectivity index (χ0n) is 8.03. The van der Waals surface area contributed by atoms with E-state index in [2.05, 4.69) is 5.48 Å². The summed E-state index contributed by atoms with van der Waals surface area (Å²) in [5, 5.41) is 17.7. The van der Waals surface area contributed by atoms with Gasteiger partial charge in [0.15, 0.2) is 0 Å². The number of aliphatic hydroxyl groups excluding tert-OH is 1. The van der Waals surface area contributed by atoms with Crippen molar-refractivity contribution in [3.63, 3.8) is 0 Å². The third-order valence-electron chi connectivity index (χ3n) is 3.01. The third kappa shape index (κ3) is 1.66. The quantitative estimate of drug-likeness (QED) is 0.629. The Balaban J connectivity index is 2.14. The first-order valence-electron chi connectivity index (χ1n) is 4.88. The number of hydrogen-bond donors (Lipinski definition) is 3. The molecule has 3 heteroatoms. The summed E-state index contributed by atoms with van der Waals surface area (Å²) in [5.41, 5.74) is 4.43. The molecule has 1 aliphatic carbocycles. The van der Waals surface area contributed by atoms with Crippen LogP contribution in [0.2, 0.25) is 0 Å². The predicted molar refractivity (Wildman–Crippen MR) is 53.1 cm³/mol. The Kier molecular flexibility index (Phi) is 2.54. The molecule has 1 aliphatic rings. The van der Waals surface area contributed by atoms with Gasteiger partial charge in [-0.1, -0.05) is 24.3 Å². The van der Waals surface area contributed by atoms with Gasteiger partial charge in [-0.05, 0) is 24.0 Å². The van der Waals surface area contributed by atoms with Gasteiger partial charge in [0.25, 0.3) is 0 Å². The molecule has 76 valence electrons. The van der Waals surface area contributed by atoms with Crippen molar-refractivity contribution in [1.82, 2.24) is 5.48 Å². The molecule has 0 amide bonds. The van der Waals surface area contributed by atoms with Gasteiger partial charge in [0.2, 0.25) is 0 Å². The van der Waals surface area contributed by atoms with Gasteiger partial charge in [0.05, 0.1) is 6.61 Å². The second-order valence-corrected chi connectivity index (χ2v) is 3.97. The Morgan fingerprint density at radius 2 is 1.86 bits per heavy atom. The van der Waals surface area contributed by atoms with E-state index in [9.17, 15) is 5.11 Å². The molecule has 14 heavy (non-hydrogen) atoms. The highest BCUT2D eigenvalue weighted by Gasteiger charge is 2.43. The van der Waals surface area contributed by atoms with Crippen LogP contribution in [-0.4, -0.2) is 16.9 Å². The van der Waals surface area contributed by atoms with Crippen LogP contribution in [0.3, 0.4) is 0 Å². The topological polar surface area (TPSA) is 52.5 Å². The number of aliphatic hydroxyl groups is 1. The number of nitrogens with one attached hydrogen (secondary N) is 1. The van der Waals surface area contributed by atoms with E-state index in [0.717, 1.165) is 18.4 Å². The Morgan fingerprint density at radius 3 is 2.29 bits per heavy atom. The van der Waals surface area contributed by atoms with Crippen molar-refractivity contribution in [3.05, 3.63) is 35.4 Å². The number of benzene rings is 1. The maximum atomic E-state index is 9.23.